The van der Waals surface area contributed by atoms with Crippen molar-refractivity contribution in [3.63, 3.8) is 0 Å². The summed E-state index contributed by atoms with van der Waals surface area (Å²) in [6.45, 7) is 1.94. The van der Waals surface area contributed by atoms with Crippen LogP contribution < -0.4 is 16.4 Å². The van der Waals surface area contributed by atoms with Gasteiger partial charge in [-0.15, -0.1) is 0 Å². The number of sulfone groups is 1. The van der Waals surface area contributed by atoms with Crippen molar-refractivity contribution in [2.45, 2.75) is 23.9 Å². The Balaban J connectivity index is 1.71. The van der Waals surface area contributed by atoms with Crippen LogP contribution in [-0.4, -0.2) is 26.1 Å². The lowest BCUT2D eigenvalue weighted by Gasteiger charge is -2.31. The fourth-order valence-corrected chi connectivity index (χ4v) is 3.93. The van der Waals surface area contributed by atoms with Crippen LogP contribution in [0.25, 0.3) is 5.70 Å². The lowest BCUT2D eigenvalue weighted by Crippen LogP contribution is -2.53. The second-order valence-corrected chi connectivity index (χ2v) is 9.52. The Kier molecular flexibility index (Phi) is 5.73. The van der Waals surface area contributed by atoms with Gasteiger partial charge in [0.15, 0.2) is 9.84 Å². The molecule has 1 unspecified atom stereocenters. The van der Waals surface area contributed by atoms with Crippen LogP contribution in [0.3, 0.4) is 0 Å². The maximum absolute atomic E-state index is 12.9. The van der Waals surface area contributed by atoms with Crippen LogP contribution in [0.5, 0.6) is 0 Å². The summed E-state index contributed by atoms with van der Waals surface area (Å²) in [5.41, 5.74) is 7.82. The normalized spacial score (nSPS) is 18.7. The largest absolute Gasteiger partial charge is 0.399 e. The van der Waals surface area contributed by atoms with Crippen molar-refractivity contribution in [1.82, 2.24) is 10.6 Å². The number of halogens is 1. The quantitative estimate of drug-likeness (QED) is 0.632. The Hall–Kier alpha value is -2.77. The van der Waals surface area contributed by atoms with E-state index in [1.54, 1.807) is 25.1 Å². The maximum Gasteiger partial charge on any atom is 0.249 e. The number of carbonyl (C=O) groups is 1. The molecular weight excluding hydrogens is 410 g/mol. The van der Waals surface area contributed by atoms with E-state index in [9.17, 15) is 13.2 Å². The average molecular weight is 432 g/mol. The van der Waals surface area contributed by atoms with Crippen LogP contribution in [0, 0.1) is 0 Å². The number of carbonyl (C=O) groups excluding carboxylic acids is 1. The van der Waals surface area contributed by atoms with E-state index in [0.717, 1.165) is 17.5 Å². The third-order valence-corrected chi connectivity index (χ3v) is 6.11. The lowest BCUT2D eigenvalue weighted by atomic mass is 9.95. The molecule has 0 radical (unpaired) electrons. The van der Waals surface area contributed by atoms with Gasteiger partial charge in [-0.05, 0) is 48.4 Å². The summed E-state index contributed by atoms with van der Waals surface area (Å²) in [6.07, 6.45) is 6.59. The number of amides is 1. The Morgan fingerprint density at radius 3 is 2.66 bits per heavy atom. The van der Waals surface area contributed by atoms with Crippen LogP contribution in [-0.2, 0) is 21.2 Å². The van der Waals surface area contributed by atoms with E-state index in [1.807, 2.05) is 30.4 Å². The van der Waals surface area contributed by atoms with Gasteiger partial charge in [-0.2, -0.15) is 0 Å². The van der Waals surface area contributed by atoms with Crippen LogP contribution in [0.15, 0.2) is 65.6 Å². The fraction of sp³-hybridized carbons (Fsp3) is 0.190. The number of dihydropyridines is 1. The molecule has 1 aliphatic rings. The molecule has 2 aromatic carbocycles. The van der Waals surface area contributed by atoms with Gasteiger partial charge < -0.3 is 16.4 Å². The van der Waals surface area contributed by atoms with E-state index in [2.05, 4.69) is 10.6 Å². The van der Waals surface area contributed by atoms with Crippen molar-refractivity contribution < 1.29 is 13.2 Å². The summed E-state index contributed by atoms with van der Waals surface area (Å²) in [5, 5.41) is 6.38. The molecule has 2 aromatic rings. The van der Waals surface area contributed by atoms with Crippen molar-refractivity contribution >= 4 is 38.7 Å². The van der Waals surface area contributed by atoms with Crippen LogP contribution in [0.2, 0.25) is 5.02 Å². The highest BCUT2D eigenvalue weighted by molar-refractivity contribution is 7.90. The van der Waals surface area contributed by atoms with E-state index in [0.29, 0.717) is 11.3 Å². The summed E-state index contributed by atoms with van der Waals surface area (Å²) < 4.78 is 23.2. The standard InChI is InChI=1S/C21H22ClN3O3S/c1-21(10-4-7-19(25-21)14-5-3-6-16(23)11-14)20(26)24-13-15-8-9-17(12-18(15)22)29(2,27)28/h3-12,25H,13,23H2,1-2H3,(H,24,26). The number of nitrogens with two attached hydrogens (primary N) is 1. The SMILES string of the molecule is CC1(C(=O)NCc2ccc(S(C)(=O)=O)cc2Cl)C=CC=C(c2cccc(N)c2)N1. The van der Waals surface area contributed by atoms with Crippen molar-refractivity contribution in [3.05, 3.63) is 76.8 Å². The molecule has 1 heterocycles. The molecule has 0 bridgehead atoms. The Labute approximate surface area is 175 Å². The van der Waals surface area contributed by atoms with Gasteiger partial charge in [0.05, 0.1) is 4.90 Å². The van der Waals surface area contributed by atoms with E-state index >= 15 is 0 Å². The maximum atomic E-state index is 12.9. The van der Waals surface area contributed by atoms with Crippen molar-refractivity contribution in [1.29, 1.82) is 0 Å². The van der Waals surface area contributed by atoms with E-state index in [1.165, 1.54) is 12.1 Å². The van der Waals surface area contributed by atoms with E-state index < -0.39 is 15.4 Å². The number of nitrogen functional groups attached to an aromatic ring is 1. The molecule has 0 aliphatic carbocycles. The van der Waals surface area contributed by atoms with E-state index in [-0.39, 0.29) is 22.4 Å². The minimum Gasteiger partial charge on any atom is -0.399 e. The van der Waals surface area contributed by atoms with Crippen LogP contribution in [0.4, 0.5) is 5.69 Å². The average Bonchev–Trinajstić information content (AvgIpc) is 2.66. The number of anilines is 1. The predicted octanol–water partition coefficient (Wildman–Crippen LogP) is 2.90. The van der Waals surface area contributed by atoms with Crippen LogP contribution in [0.1, 0.15) is 18.1 Å². The van der Waals surface area contributed by atoms with E-state index in [4.69, 9.17) is 17.3 Å². The van der Waals surface area contributed by atoms with Gasteiger partial charge in [-0.25, -0.2) is 8.42 Å². The van der Waals surface area contributed by atoms with Gasteiger partial charge in [0.1, 0.15) is 5.54 Å². The first kappa shape index (κ1) is 21.0. The zero-order valence-electron chi connectivity index (χ0n) is 16.1. The third kappa shape index (κ3) is 4.81. The monoisotopic (exact) mass is 431 g/mol. The van der Waals surface area contributed by atoms with Crippen LogP contribution >= 0.6 is 11.6 Å². The van der Waals surface area contributed by atoms with Gasteiger partial charge in [0.2, 0.25) is 5.91 Å². The number of benzene rings is 2. The summed E-state index contributed by atoms with van der Waals surface area (Å²) in [4.78, 5) is 13.0. The summed E-state index contributed by atoms with van der Waals surface area (Å²) in [7, 11) is -3.34. The second kappa shape index (κ2) is 7.93. The zero-order valence-corrected chi connectivity index (χ0v) is 17.6. The van der Waals surface area contributed by atoms with Gasteiger partial charge in [-0.3, -0.25) is 4.79 Å². The second-order valence-electron chi connectivity index (χ2n) is 7.10. The highest BCUT2D eigenvalue weighted by Crippen LogP contribution is 2.24. The topological polar surface area (TPSA) is 101 Å². The van der Waals surface area contributed by atoms with Crippen molar-refractivity contribution in [2.24, 2.45) is 0 Å². The molecule has 0 saturated heterocycles. The first-order valence-corrected chi connectivity index (χ1v) is 11.2. The molecule has 1 atom stereocenters. The number of nitrogens with one attached hydrogen (secondary N) is 2. The molecule has 0 spiro atoms. The molecule has 0 fully saturated rings. The molecule has 1 amide bonds. The molecule has 0 aromatic heterocycles. The Morgan fingerprint density at radius 2 is 2.00 bits per heavy atom. The smallest absolute Gasteiger partial charge is 0.249 e. The summed E-state index contributed by atoms with van der Waals surface area (Å²) in [6, 6.07) is 11.9. The van der Waals surface area contributed by atoms with Gasteiger partial charge in [-0.1, -0.05) is 42.0 Å². The molecule has 6 nitrogen and oxygen atoms in total. The first-order valence-electron chi connectivity index (χ1n) is 8.89. The fourth-order valence-electron chi connectivity index (χ4n) is 2.97. The predicted molar refractivity (Wildman–Crippen MR) is 116 cm³/mol. The van der Waals surface area contributed by atoms with Crippen molar-refractivity contribution in [3.8, 4) is 0 Å². The lowest BCUT2D eigenvalue weighted by molar-refractivity contribution is -0.125. The summed E-state index contributed by atoms with van der Waals surface area (Å²) in [5.74, 6) is -0.244. The molecule has 8 heteroatoms. The number of hydrogen-bond acceptors (Lipinski definition) is 5. The zero-order chi connectivity index (χ0) is 21.2. The number of allylic oxidation sites excluding steroid dienone is 2. The summed E-state index contributed by atoms with van der Waals surface area (Å²) >= 11 is 6.19. The Morgan fingerprint density at radius 1 is 1.24 bits per heavy atom. The highest BCUT2D eigenvalue weighted by atomic mass is 35.5. The highest BCUT2D eigenvalue weighted by Gasteiger charge is 2.32. The van der Waals surface area contributed by atoms with Gasteiger partial charge >= 0.3 is 0 Å². The molecule has 152 valence electrons. The van der Waals surface area contributed by atoms with Gasteiger partial charge in [0.25, 0.3) is 0 Å². The molecule has 4 N–H and O–H groups in total. The number of hydrogen-bond donors (Lipinski definition) is 3. The van der Waals surface area contributed by atoms with Gasteiger partial charge in [0, 0.05) is 29.2 Å². The first-order chi connectivity index (χ1) is 13.6. The molecule has 0 saturated carbocycles. The molecular formula is C21H22ClN3O3S. The van der Waals surface area contributed by atoms with Crippen molar-refractivity contribution in [2.75, 3.05) is 12.0 Å². The minimum atomic E-state index is -3.34. The molecule has 3 rings (SSSR count). The Bertz CT molecular complexity index is 1130. The molecule has 29 heavy (non-hydrogen) atoms. The minimum absolute atomic E-state index is 0.137. The number of rotatable bonds is 5. The molecule has 1 aliphatic heterocycles. The third-order valence-electron chi connectivity index (χ3n) is 4.65.